The lowest BCUT2D eigenvalue weighted by molar-refractivity contribution is -0.124. The van der Waals surface area contributed by atoms with E-state index in [0.29, 0.717) is 12.8 Å². The first-order valence-corrected chi connectivity index (χ1v) is 8.79. The molecule has 1 aliphatic carbocycles. The topological polar surface area (TPSA) is 55.1 Å². The lowest BCUT2D eigenvalue weighted by Gasteiger charge is -2.43. The van der Waals surface area contributed by atoms with E-state index in [0.717, 1.165) is 35.0 Å². The monoisotopic (exact) mass is 408 g/mol. The molecular formula is C19H22BrClN2O. The molecule has 0 aliphatic heterocycles. The van der Waals surface area contributed by atoms with Crippen molar-refractivity contribution in [2.24, 2.45) is 0 Å². The molecule has 3 rings (SSSR count). The third kappa shape index (κ3) is 4.11. The van der Waals surface area contributed by atoms with Crippen LogP contribution < -0.4 is 11.1 Å². The maximum Gasteiger partial charge on any atom is 0.221 e. The van der Waals surface area contributed by atoms with Crippen LogP contribution in [0.3, 0.4) is 0 Å². The van der Waals surface area contributed by atoms with E-state index in [-0.39, 0.29) is 23.9 Å². The second kappa shape index (κ2) is 8.04. The van der Waals surface area contributed by atoms with Crippen LogP contribution in [0.2, 0.25) is 0 Å². The SMILES string of the molecule is Cl.Nc1ccccc1CCC(=O)NC1(c2ccc(Br)cc2)CCC1. The third-order valence-corrected chi connectivity index (χ3v) is 5.19. The van der Waals surface area contributed by atoms with Gasteiger partial charge in [-0.25, -0.2) is 0 Å². The van der Waals surface area contributed by atoms with Gasteiger partial charge in [0.1, 0.15) is 0 Å². The summed E-state index contributed by atoms with van der Waals surface area (Å²) in [7, 11) is 0. The molecule has 0 bridgehead atoms. The quantitative estimate of drug-likeness (QED) is 0.710. The Morgan fingerprint density at radius 3 is 2.38 bits per heavy atom. The van der Waals surface area contributed by atoms with Crippen molar-refractivity contribution in [3.8, 4) is 0 Å². The van der Waals surface area contributed by atoms with E-state index < -0.39 is 0 Å². The molecule has 1 saturated carbocycles. The van der Waals surface area contributed by atoms with E-state index in [1.54, 1.807) is 0 Å². The van der Waals surface area contributed by atoms with Gasteiger partial charge in [-0.3, -0.25) is 4.79 Å². The van der Waals surface area contributed by atoms with E-state index in [2.05, 4.69) is 33.4 Å². The van der Waals surface area contributed by atoms with Crippen LogP contribution in [-0.4, -0.2) is 5.91 Å². The molecule has 24 heavy (non-hydrogen) atoms. The van der Waals surface area contributed by atoms with Gasteiger partial charge >= 0.3 is 0 Å². The number of hydrogen-bond acceptors (Lipinski definition) is 2. The minimum atomic E-state index is -0.181. The molecule has 1 amide bonds. The first-order chi connectivity index (χ1) is 11.1. The molecule has 1 fully saturated rings. The Morgan fingerprint density at radius 1 is 1.12 bits per heavy atom. The molecule has 0 aromatic heterocycles. The van der Waals surface area contributed by atoms with Gasteiger partial charge in [0.05, 0.1) is 5.54 Å². The number of para-hydroxylation sites is 1. The maximum atomic E-state index is 12.4. The summed E-state index contributed by atoms with van der Waals surface area (Å²) >= 11 is 3.46. The van der Waals surface area contributed by atoms with Crippen molar-refractivity contribution in [2.75, 3.05) is 5.73 Å². The van der Waals surface area contributed by atoms with Gasteiger partial charge in [0.15, 0.2) is 0 Å². The highest BCUT2D eigenvalue weighted by molar-refractivity contribution is 9.10. The molecule has 2 aromatic rings. The Morgan fingerprint density at radius 2 is 1.79 bits per heavy atom. The molecule has 5 heteroatoms. The number of hydrogen-bond donors (Lipinski definition) is 2. The van der Waals surface area contributed by atoms with Gasteiger partial charge in [-0.2, -0.15) is 0 Å². The number of nitrogens with one attached hydrogen (secondary N) is 1. The predicted molar refractivity (Wildman–Crippen MR) is 104 cm³/mol. The number of nitrogen functional groups attached to an aromatic ring is 1. The van der Waals surface area contributed by atoms with Crippen molar-refractivity contribution in [3.63, 3.8) is 0 Å². The molecule has 2 aromatic carbocycles. The summed E-state index contributed by atoms with van der Waals surface area (Å²) in [5, 5.41) is 3.26. The third-order valence-electron chi connectivity index (χ3n) is 4.66. The van der Waals surface area contributed by atoms with E-state index >= 15 is 0 Å². The van der Waals surface area contributed by atoms with Crippen molar-refractivity contribution in [2.45, 2.75) is 37.6 Å². The number of carbonyl (C=O) groups excluding carboxylic acids is 1. The summed E-state index contributed by atoms with van der Waals surface area (Å²) in [6.07, 6.45) is 4.31. The molecule has 0 radical (unpaired) electrons. The zero-order chi connectivity index (χ0) is 16.3. The molecule has 0 heterocycles. The van der Waals surface area contributed by atoms with Gasteiger partial charge in [-0.1, -0.05) is 46.3 Å². The largest absolute Gasteiger partial charge is 0.399 e. The van der Waals surface area contributed by atoms with Gasteiger partial charge in [-0.05, 0) is 55.0 Å². The number of amides is 1. The highest BCUT2D eigenvalue weighted by Gasteiger charge is 2.39. The summed E-state index contributed by atoms with van der Waals surface area (Å²) in [5.74, 6) is 0.0934. The zero-order valence-electron chi connectivity index (χ0n) is 13.4. The molecule has 3 nitrogen and oxygen atoms in total. The minimum Gasteiger partial charge on any atom is -0.399 e. The molecule has 128 valence electrons. The molecule has 3 N–H and O–H groups in total. The van der Waals surface area contributed by atoms with Gasteiger partial charge < -0.3 is 11.1 Å². The Bertz CT molecular complexity index is 699. The summed E-state index contributed by atoms with van der Waals surface area (Å²) < 4.78 is 1.06. The van der Waals surface area contributed by atoms with Crippen LogP contribution in [0.15, 0.2) is 53.0 Å². The predicted octanol–water partition coefficient (Wildman–Crippen LogP) is 4.58. The second-order valence-corrected chi connectivity index (χ2v) is 7.11. The summed E-state index contributed by atoms with van der Waals surface area (Å²) in [4.78, 5) is 12.4. The summed E-state index contributed by atoms with van der Waals surface area (Å²) in [6.45, 7) is 0. The molecule has 0 unspecified atom stereocenters. The number of halogens is 2. The van der Waals surface area contributed by atoms with E-state index in [1.165, 1.54) is 5.56 Å². The van der Waals surface area contributed by atoms with E-state index in [4.69, 9.17) is 5.73 Å². The van der Waals surface area contributed by atoms with E-state index in [1.807, 2.05) is 36.4 Å². The van der Waals surface area contributed by atoms with Crippen LogP contribution in [0.5, 0.6) is 0 Å². The van der Waals surface area contributed by atoms with Crippen molar-refractivity contribution >= 4 is 39.9 Å². The van der Waals surface area contributed by atoms with Gasteiger partial charge in [0, 0.05) is 16.6 Å². The normalized spacial score (nSPS) is 15.0. The van der Waals surface area contributed by atoms with Crippen LogP contribution in [-0.2, 0) is 16.8 Å². The van der Waals surface area contributed by atoms with Crippen molar-refractivity contribution in [1.29, 1.82) is 0 Å². The lowest BCUT2D eigenvalue weighted by Crippen LogP contribution is -2.50. The molecule has 0 saturated heterocycles. The number of carbonyl (C=O) groups is 1. The summed E-state index contributed by atoms with van der Waals surface area (Å²) in [5.41, 5.74) is 8.75. The van der Waals surface area contributed by atoms with Crippen LogP contribution in [0.1, 0.15) is 36.8 Å². The van der Waals surface area contributed by atoms with Crippen LogP contribution >= 0.6 is 28.3 Å². The number of nitrogens with two attached hydrogens (primary N) is 1. The average molecular weight is 410 g/mol. The average Bonchev–Trinajstić information content (AvgIpc) is 2.51. The Balaban J connectivity index is 0.00000208. The van der Waals surface area contributed by atoms with E-state index in [9.17, 15) is 4.79 Å². The van der Waals surface area contributed by atoms with Crippen molar-refractivity contribution in [1.82, 2.24) is 5.32 Å². The zero-order valence-corrected chi connectivity index (χ0v) is 15.8. The fourth-order valence-electron chi connectivity index (χ4n) is 3.12. The van der Waals surface area contributed by atoms with Crippen molar-refractivity contribution < 1.29 is 4.79 Å². The molecule has 1 aliphatic rings. The first kappa shape index (κ1) is 18.8. The minimum absolute atomic E-state index is 0. The summed E-state index contributed by atoms with van der Waals surface area (Å²) in [6, 6.07) is 16.0. The molecule has 0 atom stereocenters. The number of aryl methyl sites for hydroxylation is 1. The molecular weight excluding hydrogens is 388 g/mol. The highest BCUT2D eigenvalue weighted by Crippen LogP contribution is 2.41. The van der Waals surface area contributed by atoms with Crippen molar-refractivity contribution in [3.05, 3.63) is 64.1 Å². The highest BCUT2D eigenvalue weighted by atomic mass is 79.9. The smallest absolute Gasteiger partial charge is 0.221 e. The van der Waals surface area contributed by atoms with Gasteiger partial charge in [-0.15, -0.1) is 12.4 Å². The first-order valence-electron chi connectivity index (χ1n) is 7.99. The number of anilines is 1. The Hall–Kier alpha value is -1.52. The number of benzene rings is 2. The maximum absolute atomic E-state index is 12.4. The Kier molecular flexibility index (Phi) is 6.30. The molecule has 0 spiro atoms. The Labute approximate surface area is 157 Å². The standard InChI is InChI=1S/C19H21BrN2O.ClH/c20-16-9-7-15(8-10-16)19(12-3-13-19)22-18(23)11-6-14-4-1-2-5-17(14)21;/h1-2,4-5,7-10H,3,6,11-13,21H2,(H,22,23);1H. The second-order valence-electron chi connectivity index (χ2n) is 6.19. The lowest BCUT2D eigenvalue weighted by atomic mass is 9.71. The van der Waals surface area contributed by atoms with Crippen LogP contribution in [0.4, 0.5) is 5.69 Å². The fourth-order valence-corrected chi connectivity index (χ4v) is 3.39. The van der Waals surface area contributed by atoms with Crippen LogP contribution in [0.25, 0.3) is 0 Å². The van der Waals surface area contributed by atoms with Gasteiger partial charge in [0.25, 0.3) is 0 Å². The van der Waals surface area contributed by atoms with Gasteiger partial charge in [0.2, 0.25) is 5.91 Å². The van der Waals surface area contributed by atoms with Crippen LogP contribution in [0, 0.1) is 0 Å². The number of rotatable bonds is 5. The fraction of sp³-hybridized carbons (Fsp3) is 0.316.